The molecule has 3 N–H and O–H groups in total. The van der Waals surface area contributed by atoms with Gasteiger partial charge >= 0.3 is 0 Å². The van der Waals surface area contributed by atoms with E-state index in [1.165, 1.54) is 18.2 Å². The van der Waals surface area contributed by atoms with Crippen molar-refractivity contribution in [1.29, 1.82) is 0 Å². The molecule has 2 amide bonds. The lowest BCUT2D eigenvalue weighted by Crippen LogP contribution is -2.46. The molecule has 0 aliphatic carbocycles. The van der Waals surface area contributed by atoms with Crippen LogP contribution in [0.1, 0.15) is 15.9 Å². The van der Waals surface area contributed by atoms with E-state index >= 15 is 0 Å². The van der Waals surface area contributed by atoms with Crippen molar-refractivity contribution in [2.75, 3.05) is 0 Å². The van der Waals surface area contributed by atoms with E-state index in [1.807, 2.05) is 24.3 Å². The van der Waals surface area contributed by atoms with Gasteiger partial charge in [-0.1, -0.05) is 24.3 Å². The smallest absolute Gasteiger partial charge is 0.254 e. The van der Waals surface area contributed by atoms with Crippen molar-refractivity contribution in [1.82, 2.24) is 5.32 Å². The Kier molecular flexibility index (Phi) is 5.48. The molecule has 0 aliphatic rings. The first-order valence-electron chi connectivity index (χ1n) is 6.56. The minimum Gasteiger partial charge on any atom is -0.368 e. The van der Waals surface area contributed by atoms with Crippen LogP contribution in [-0.2, 0) is 11.2 Å². The first-order valence-corrected chi connectivity index (χ1v) is 7.64. The molecule has 0 aromatic heterocycles. The van der Waals surface area contributed by atoms with E-state index in [1.54, 1.807) is 6.07 Å². The Morgan fingerprint density at radius 3 is 2.55 bits per heavy atom. The van der Waals surface area contributed by atoms with Gasteiger partial charge in [0.05, 0.1) is 5.56 Å². The fraction of sp³-hybridized carbons (Fsp3) is 0.125. The molecule has 2 aromatic carbocycles. The van der Waals surface area contributed by atoms with Crippen LogP contribution >= 0.6 is 22.6 Å². The molecule has 114 valence electrons. The van der Waals surface area contributed by atoms with Gasteiger partial charge in [0, 0.05) is 9.99 Å². The first kappa shape index (κ1) is 16.4. The van der Waals surface area contributed by atoms with Gasteiger partial charge in [-0.3, -0.25) is 9.59 Å². The van der Waals surface area contributed by atoms with E-state index in [0.29, 0.717) is 0 Å². The monoisotopic (exact) mass is 412 g/mol. The molecule has 0 bridgehead atoms. The zero-order chi connectivity index (χ0) is 16.1. The summed E-state index contributed by atoms with van der Waals surface area (Å²) >= 11 is 2.16. The summed E-state index contributed by atoms with van der Waals surface area (Å²) < 4.78 is 14.6. The van der Waals surface area contributed by atoms with Crippen LogP contribution in [0, 0.1) is 9.39 Å². The highest BCUT2D eigenvalue weighted by molar-refractivity contribution is 14.1. The second kappa shape index (κ2) is 7.35. The minimum absolute atomic E-state index is 0.114. The van der Waals surface area contributed by atoms with E-state index in [9.17, 15) is 14.0 Å². The van der Waals surface area contributed by atoms with Gasteiger partial charge in [0.15, 0.2) is 0 Å². The van der Waals surface area contributed by atoms with Crippen LogP contribution in [0.3, 0.4) is 0 Å². The molecule has 0 saturated heterocycles. The number of nitrogens with one attached hydrogen (secondary N) is 1. The largest absolute Gasteiger partial charge is 0.368 e. The molecule has 0 aliphatic heterocycles. The third-order valence-corrected chi connectivity index (χ3v) is 3.77. The van der Waals surface area contributed by atoms with Gasteiger partial charge in [-0.25, -0.2) is 4.39 Å². The Hall–Kier alpha value is -1.96. The first-order chi connectivity index (χ1) is 10.5. The number of halogens is 2. The maximum absolute atomic E-state index is 13.6. The summed E-state index contributed by atoms with van der Waals surface area (Å²) in [7, 11) is 0. The van der Waals surface area contributed by atoms with E-state index in [0.717, 1.165) is 9.13 Å². The Morgan fingerprint density at radius 2 is 1.91 bits per heavy atom. The second-order valence-corrected chi connectivity index (χ2v) is 5.99. The number of rotatable bonds is 5. The molecule has 22 heavy (non-hydrogen) atoms. The van der Waals surface area contributed by atoms with Crippen LogP contribution in [-0.4, -0.2) is 17.9 Å². The molecular formula is C16H14FIN2O2. The van der Waals surface area contributed by atoms with Gasteiger partial charge in [0.25, 0.3) is 5.91 Å². The summed E-state index contributed by atoms with van der Waals surface area (Å²) in [6, 6.07) is 12.2. The quantitative estimate of drug-likeness (QED) is 0.740. The number of nitrogens with two attached hydrogens (primary N) is 1. The van der Waals surface area contributed by atoms with Crippen LogP contribution in [0.2, 0.25) is 0 Å². The lowest BCUT2D eigenvalue weighted by Gasteiger charge is -2.16. The summed E-state index contributed by atoms with van der Waals surface area (Å²) in [5, 5.41) is 2.49. The molecule has 2 aromatic rings. The predicted octanol–water partition coefficient (Wildman–Crippen LogP) is 2.26. The highest BCUT2D eigenvalue weighted by Gasteiger charge is 2.21. The zero-order valence-corrected chi connectivity index (χ0v) is 13.7. The zero-order valence-electron chi connectivity index (χ0n) is 11.6. The van der Waals surface area contributed by atoms with Crippen molar-refractivity contribution in [3.8, 4) is 0 Å². The molecule has 0 fully saturated rings. The molecule has 0 heterocycles. The Labute approximate surface area is 141 Å². The number of carbonyl (C=O) groups excluding carboxylic acids is 2. The van der Waals surface area contributed by atoms with Crippen molar-refractivity contribution >= 4 is 34.4 Å². The third-order valence-electron chi connectivity index (χ3n) is 3.10. The summed E-state index contributed by atoms with van der Waals surface area (Å²) in [6.07, 6.45) is 0.256. The summed E-state index contributed by atoms with van der Waals surface area (Å²) in [5.74, 6) is -1.96. The number of hydrogen-bond acceptors (Lipinski definition) is 2. The van der Waals surface area contributed by atoms with E-state index in [4.69, 9.17) is 5.73 Å². The summed E-state index contributed by atoms with van der Waals surface area (Å²) in [4.78, 5) is 23.6. The van der Waals surface area contributed by atoms with Crippen LogP contribution in [0.5, 0.6) is 0 Å². The maximum atomic E-state index is 13.6. The number of benzene rings is 2. The standard InChI is InChI=1S/C16H14FIN2O2/c17-13-7-2-1-6-12(13)16(22)20-14(15(19)21)9-10-4-3-5-11(18)8-10/h1-8,14H,9H2,(H2,19,21)(H,20,22)/t14-/m1/s1. The SMILES string of the molecule is NC(=O)[C@@H](Cc1cccc(I)c1)NC(=O)c1ccccc1F. The Morgan fingerprint density at radius 1 is 1.18 bits per heavy atom. The normalized spacial score (nSPS) is 11.7. The Balaban J connectivity index is 2.14. The second-order valence-electron chi connectivity index (χ2n) is 4.74. The van der Waals surface area contributed by atoms with Crippen molar-refractivity contribution in [2.45, 2.75) is 12.5 Å². The summed E-state index contributed by atoms with van der Waals surface area (Å²) in [5.41, 5.74) is 6.09. The fourth-order valence-corrected chi connectivity index (χ4v) is 2.61. The highest BCUT2D eigenvalue weighted by Crippen LogP contribution is 2.11. The predicted molar refractivity (Wildman–Crippen MR) is 89.7 cm³/mol. The summed E-state index contributed by atoms with van der Waals surface area (Å²) in [6.45, 7) is 0. The third kappa shape index (κ3) is 4.27. The topological polar surface area (TPSA) is 72.2 Å². The molecule has 0 unspecified atom stereocenters. The van der Waals surface area contributed by atoms with Crippen LogP contribution in [0.25, 0.3) is 0 Å². The Bertz CT molecular complexity index is 706. The molecule has 0 saturated carbocycles. The van der Waals surface area contributed by atoms with Crippen molar-refractivity contribution in [3.63, 3.8) is 0 Å². The van der Waals surface area contributed by atoms with Gasteiger partial charge in [0.1, 0.15) is 11.9 Å². The van der Waals surface area contributed by atoms with Gasteiger partial charge in [-0.05, 0) is 52.4 Å². The van der Waals surface area contributed by atoms with E-state index in [2.05, 4.69) is 27.9 Å². The average molecular weight is 412 g/mol. The van der Waals surface area contributed by atoms with E-state index < -0.39 is 23.7 Å². The molecule has 4 nitrogen and oxygen atoms in total. The number of primary amides is 1. The van der Waals surface area contributed by atoms with Crippen molar-refractivity contribution < 1.29 is 14.0 Å². The highest BCUT2D eigenvalue weighted by atomic mass is 127. The fourth-order valence-electron chi connectivity index (χ4n) is 2.00. The molecular weight excluding hydrogens is 398 g/mol. The van der Waals surface area contributed by atoms with Crippen LogP contribution in [0.4, 0.5) is 4.39 Å². The number of carbonyl (C=O) groups is 2. The maximum Gasteiger partial charge on any atom is 0.254 e. The molecule has 1 atom stereocenters. The van der Waals surface area contributed by atoms with Gasteiger partial charge in [-0.2, -0.15) is 0 Å². The number of amides is 2. The minimum atomic E-state index is -0.898. The lowest BCUT2D eigenvalue weighted by atomic mass is 10.0. The van der Waals surface area contributed by atoms with Gasteiger partial charge < -0.3 is 11.1 Å². The van der Waals surface area contributed by atoms with Crippen LogP contribution in [0.15, 0.2) is 48.5 Å². The van der Waals surface area contributed by atoms with Gasteiger partial charge in [0.2, 0.25) is 5.91 Å². The van der Waals surface area contributed by atoms with Crippen molar-refractivity contribution in [2.24, 2.45) is 5.73 Å². The molecule has 0 radical (unpaired) electrons. The average Bonchev–Trinajstić information content (AvgIpc) is 2.46. The molecule has 6 heteroatoms. The van der Waals surface area contributed by atoms with Crippen molar-refractivity contribution in [3.05, 3.63) is 69.0 Å². The number of hydrogen-bond donors (Lipinski definition) is 2. The van der Waals surface area contributed by atoms with Crippen LogP contribution < -0.4 is 11.1 Å². The molecule has 2 rings (SSSR count). The molecule has 0 spiro atoms. The van der Waals surface area contributed by atoms with Gasteiger partial charge in [-0.15, -0.1) is 0 Å². The lowest BCUT2D eigenvalue weighted by molar-refractivity contribution is -0.119. The van der Waals surface area contributed by atoms with E-state index in [-0.39, 0.29) is 12.0 Å².